The number of carbonyl (C=O) groups excluding carboxylic acids is 1. The Hall–Kier alpha value is -2.97. The van der Waals surface area contributed by atoms with Gasteiger partial charge in [0.25, 0.3) is 0 Å². The smallest absolute Gasteiger partial charge is 0.417 e. The molecular weight excluding hydrogens is 467 g/mol. The third kappa shape index (κ3) is 7.81. The van der Waals surface area contributed by atoms with Gasteiger partial charge in [-0.15, -0.1) is 0 Å². The number of likely N-dealkylation sites (N-methyl/N-ethyl adjacent to an activating group) is 1. The molecule has 0 saturated heterocycles. The second-order valence-electron chi connectivity index (χ2n) is 8.21. The Kier molecular flexibility index (Phi) is 8.63. The summed E-state index contributed by atoms with van der Waals surface area (Å²) in [5, 5.41) is 2.09. The maximum absolute atomic E-state index is 13.0. The van der Waals surface area contributed by atoms with E-state index in [-0.39, 0.29) is 12.1 Å². The summed E-state index contributed by atoms with van der Waals surface area (Å²) in [4.78, 5) is 16.6. The third-order valence-electron chi connectivity index (χ3n) is 5.14. The molecule has 34 heavy (non-hydrogen) atoms. The van der Waals surface area contributed by atoms with Gasteiger partial charge in [0, 0.05) is 37.9 Å². The monoisotopic (exact) mass is 493 g/mol. The summed E-state index contributed by atoms with van der Waals surface area (Å²) in [7, 11) is 4.08. The van der Waals surface area contributed by atoms with Gasteiger partial charge < -0.3 is 19.9 Å². The number of hydrogen-bond acceptors (Lipinski definition) is 4. The van der Waals surface area contributed by atoms with Crippen LogP contribution in [-0.2, 0) is 17.4 Å². The van der Waals surface area contributed by atoms with Gasteiger partial charge in [-0.3, -0.25) is 4.79 Å². The van der Waals surface area contributed by atoms with Crippen molar-refractivity contribution in [1.29, 1.82) is 0 Å². The number of halogens is 4. The molecule has 1 N–H and O–H groups in total. The summed E-state index contributed by atoms with van der Waals surface area (Å²) in [6.07, 6.45) is 1.87. The zero-order valence-electron chi connectivity index (χ0n) is 19.0. The van der Waals surface area contributed by atoms with Crippen molar-refractivity contribution < 1.29 is 22.7 Å². The van der Waals surface area contributed by atoms with Crippen molar-refractivity contribution in [1.82, 2.24) is 9.80 Å². The van der Waals surface area contributed by atoms with Gasteiger partial charge in [-0.25, -0.2) is 0 Å². The first-order valence-electron chi connectivity index (χ1n) is 10.8. The lowest BCUT2D eigenvalue weighted by molar-refractivity contribution is -0.137. The van der Waals surface area contributed by atoms with E-state index in [0.29, 0.717) is 12.2 Å². The average Bonchev–Trinajstić information content (AvgIpc) is 2.78. The van der Waals surface area contributed by atoms with Gasteiger partial charge in [0.15, 0.2) is 0 Å². The van der Waals surface area contributed by atoms with Crippen molar-refractivity contribution in [3.63, 3.8) is 0 Å². The van der Waals surface area contributed by atoms with Crippen LogP contribution in [0.5, 0.6) is 5.75 Å². The maximum atomic E-state index is 13.0. The lowest BCUT2D eigenvalue weighted by Gasteiger charge is -2.24. The van der Waals surface area contributed by atoms with E-state index in [0.717, 1.165) is 43.1 Å². The number of hydrogen-bond donors (Lipinski definition) is 1. The van der Waals surface area contributed by atoms with Crippen molar-refractivity contribution in [2.75, 3.05) is 39.0 Å². The Morgan fingerprint density at radius 2 is 2.00 bits per heavy atom. The normalized spacial score (nSPS) is 13.7. The molecule has 0 spiro atoms. The molecule has 1 amide bonds. The molecule has 2 aromatic carbocycles. The number of anilines is 1. The zero-order valence-corrected chi connectivity index (χ0v) is 19.8. The van der Waals surface area contributed by atoms with Gasteiger partial charge in [0.05, 0.1) is 10.6 Å². The number of allylic oxidation sites excluding steroid dienone is 1. The highest BCUT2D eigenvalue weighted by Gasteiger charge is 2.33. The highest BCUT2D eigenvalue weighted by atomic mass is 35.5. The molecule has 0 unspecified atom stereocenters. The van der Waals surface area contributed by atoms with Gasteiger partial charge in [0.2, 0.25) is 5.91 Å². The fourth-order valence-electron chi connectivity index (χ4n) is 3.29. The van der Waals surface area contributed by atoms with Gasteiger partial charge in [-0.05, 0) is 68.6 Å². The fraction of sp³-hybridized carbons (Fsp3) is 0.320. The Bertz CT molecular complexity index is 1070. The van der Waals surface area contributed by atoms with Crippen LogP contribution in [0.1, 0.15) is 17.5 Å². The number of amides is 1. The van der Waals surface area contributed by atoms with E-state index in [9.17, 15) is 18.0 Å². The predicted molar refractivity (Wildman–Crippen MR) is 128 cm³/mol. The second kappa shape index (κ2) is 11.4. The topological polar surface area (TPSA) is 44.8 Å². The number of alkyl halides is 3. The number of carbonyl (C=O) groups is 1. The average molecular weight is 494 g/mol. The molecule has 182 valence electrons. The fourth-order valence-corrected chi connectivity index (χ4v) is 3.51. The van der Waals surface area contributed by atoms with E-state index < -0.39 is 22.7 Å². The minimum Gasteiger partial charge on any atom is -0.458 e. The molecular formula is C25H27ClF3N3O2. The minimum atomic E-state index is -4.59. The number of nitrogens with one attached hydrogen (secondary N) is 1. The van der Waals surface area contributed by atoms with Crippen molar-refractivity contribution >= 4 is 23.2 Å². The summed E-state index contributed by atoms with van der Waals surface area (Å²) in [5.41, 5.74) is -0.0501. The van der Waals surface area contributed by atoms with Gasteiger partial charge >= 0.3 is 6.18 Å². The standard InChI is InChI=1S/C25H27ClF3N3O2/c1-31(2)14-15-32-12-10-20(11-13-32)34-21-5-3-4-18(16-21)6-9-24(33)30-19-7-8-23(26)22(17-19)25(27,28)29/h3-5,7-8,10-12,16-17H,6,9,13-15H2,1-2H3,(H,30,33). The first kappa shape index (κ1) is 25.6. The van der Waals surface area contributed by atoms with Crippen LogP contribution in [-0.4, -0.2) is 49.4 Å². The van der Waals surface area contributed by atoms with Crippen LogP contribution in [0.4, 0.5) is 18.9 Å². The molecule has 0 bridgehead atoms. The van der Waals surface area contributed by atoms with Crippen LogP contribution in [0.25, 0.3) is 0 Å². The molecule has 9 heteroatoms. The third-order valence-corrected chi connectivity index (χ3v) is 5.47. The largest absolute Gasteiger partial charge is 0.458 e. The van der Waals surface area contributed by atoms with E-state index in [2.05, 4.69) is 15.1 Å². The van der Waals surface area contributed by atoms with Crippen LogP contribution in [0, 0.1) is 0 Å². The highest BCUT2D eigenvalue weighted by Crippen LogP contribution is 2.36. The first-order valence-corrected chi connectivity index (χ1v) is 11.2. The van der Waals surface area contributed by atoms with Gasteiger partial charge in [-0.1, -0.05) is 23.7 Å². The highest BCUT2D eigenvalue weighted by molar-refractivity contribution is 6.31. The zero-order chi connectivity index (χ0) is 24.7. The molecule has 0 aromatic heterocycles. The van der Waals surface area contributed by atoms with Crippen molar-refractivity contribution in [2.24, 2.45) is 0 Å². The Morgan fingerprint density at radius 3 is 2.68 bits per heavy atom. The molecule has 3 rings (SSSR count). The van der Waals surface area contributed by atoms with Gasteiger partial charge in [-0.2, -0.15) is 13.2 Å². The van der Waals surface area contributed by atoms with Crippen LogP contribution in [0.2, 0.25) is 5.02 Å². The molecule has 1 aliphatic heterocycles. The number of aryl methyl sites for hydroxylation is 1. The molecule has 0 fully saturated rings. The van der Waals surface area contributed by atoms with E-state index in [1.54, 1.807) is 0 Å². The van der Waals surface area contributed by atoms with Crippen LogP contribution < -0.4 is 10.1 Å². The maximum Gasteiger partial charge on any atom is 0.417 e. The minimum absolute atomic E-state index is 0.0504. The molecule has 1 aliphatic rings. The number of ether oxygens (including phenoxy) is 1. The summed E-state index contributed by atoms with van der Waals surface area (Å²) in [6, 6.07) is 10.7. The van der Waals surface area contributed by atoms with Crippen molar-refractivity contribution in [3.05, 3.63) is 82.7 Å². The molecule has 1 heterocycles. The summed E-state index contributed by atoms with van der Waals surface area (Å²) in [6.45, 7) is 2.66. The first-order chi connectivity index (χ1) is 16.1. The molecule has 0 radical (unpaired) electrons. The van der Waals surface area contributed by atoms with Crippen molar-refractivity contribution in [2.45, 2.75) is 19.0 Å². The van der Waals surface area contributed by atoms with E-state index >= 15 is 0 Å². The molecule has 0 atom stereocenters. The molecule has 2 aromatic rings. The summed E-state index contributed by atoms with van der Waals surface area (Å²) >= 11 is 5.62. The van der Waals surface area contributed by atoms with Crippen LogP contribution in [0.15, 0.2) is 66.6 Å². The Balaban J connectivity index is 1.51. The quantitative estimate of drug-likeness (QED) is 0.495. The SMILES string of the molecule is CN(C)CCN1C=CC(Oc2cccc(CCC(=O)Nc3ccc(Cl)c(C(F)(F)F)c3)c2)=CC1. The number of nitrogens with zero attached hydrogens (tertiary/aromatic N) is 2. The van der Waals surface area contributed by atoms with Crippen LogP contribution >= 0.6 is 11.6 Å². The van der Waals surface area contributed by atoms with Gasteiger partial charge in [0.1, 0.15) is 11.5 Å². The second-order valence-corrected chi connectivity index (χ2v) is 8.62. The molecule has 5 nitrogen and oxygen atoms in total. The number of rotatable bonds is 9. The Labute approximate surface area is 202 Å². The van der Waals surface area contributed by atoms with E-state index in [1.165, 1.54) is 6.07 Å². The molecule has 0 saturated carbocycles. The van der Waals surface area contributed by atoms with E-state index in [4.69, 9.17) is 16.3 Å². The number of benzene rings is 2. The lowest BCUT2D eigenvalue weighted by atomic mass is 10.1. The van der Waals surface area contributed by atoms with Crippen molar-refractivity contribution in [3.8, 4) is 5.75 Å². The lowest BCUT2D eigenvalue weighted by Crippen LogP contribution is -2.29. The summed E-state index contributed by atoms with van der Waals surface area (Å²) in [5.74, 6) is 1.01. The van der Waals surface area contributed by atoms with Crippen LogP contribution in [0.3, 0.4) is 0 Å². The Morgan fingerprint density at radius 1 is 1.21 bits per heavy atom. The summed E-state index contributed by atoms with van der Waals surface area (Å²) < 4.78 is 45.0. The van der Waals surface area contributed by atoms with E-state index in [1.807, 2.05) is 56.7 Å². The predicted octanol–water partition coefficient (Wildman–Crippen LogP) is 5.58. The molecule has 0 aliphatic carbocycles.